The average molecular weight is 838 g/mol. The third kappa shape index (κ3) is 8.11. The number of nitrogens with zero attached hydrogens (tertiary/aromatic N) is 4. The van der Waals surface area contributed by atoms with Crippen LogP contribution in [0.3, 0.4) is 0 Å². The minimum absolute atomic E-state index is 0.0125. The molecule has 0 atom stereocenters. The number of benzene rings is 2. The fourth-order valence-electron chi connectivity index (χ4n) is 10.6. The summed E-state index contributed by atoms with van der Waals surface area (Å²) in [6, 6.07) is 12.4. The van der Waals surface area contributed by atoms with Gasteiger partial charge in [0, 0.05) is 81.9 Å². The van der Waals surface area contributed by atoms with E-state index in [9.17, 15) is 23.3 Å². The molecule has 3 N–H and O–H groups in total. The zero-order valence-electron chi connectivity index (χ0n) is 34.7. The molecule has 15 heteroatoms. The molecule has 2 aromatic carbocycles. The van der Waals surface area contributed by atoms with Crippen molar-refractivity contribution in [3.63, 3.8) is 0 Å². The Morgan fingerprint density at radius 2 is 1.80 bits per heavy atom. The fourth-order valence-corrected chi connectivity index (χ4v) is 11.6. The summed E-state index contributed by atoms with van der Waals surface area (Å²) in [5.74, 6) is -0.119. The number of carbonyl (C=O) groups is 1. The highest BCUT2D eigenvalue weighted by atomic mass is 32.2. The van der Waals surface area contributed by atoms with E-state index in [0.717, 1.165) is 62.7 Å². The number of carbonyl (C=O) groups excluding carboxylic acids is 1. The molecule has 318 valence electrons. The van der Waals surface area contributed by atoms with Crippen LogP contribution in [0.5, 0.6) is 11.5 Å². The van der Waals surface area contributed by atoms with Crippen molar-refractivity contribution in [3.05, 3.63) is 87.7 Å². The van der Waals surface area contributed by atoms with Crippen molar-refractivity contribution in [1.82, 2.24) is 19.6 Å². The zero-order chi connectivity index (χ0) is 41.9. The van der Waals surface area contributed by atoms with E-state index in [1.54, 1.807) is 41.7 Å². The van der Waals surface area contributed by atoms with Crippen LogP contribution in [0, 0.1) is 32.3 Å². The minimum Gasteiger partial charge on any atom is -0.455 e. The van der Waals surface area contributed by atoms with Crippen LogP contribution in [0.15, 0.2) is 77.0 Å². The normalized spacial score (nSPS) is 24.4. The van der Waals surface area contributed by atoms with Crippen LogP contribution >= 0.6 is 0 Å². The standard InChI is InChI=1S/C45H55N7O7S/c1-43(2)12-8-32(37(23-43)45-27-44(3,28-45)29-45)26-50-14-16-51(17-15-50)33-4-6-36(40(21-33)59-34-20-31-9-13-46-41(31)48-25-34)42(53)49-60(56,57)35-5-7-38(39(22-35)52(54)55)47-24-30-10-18-58-19-11-30/h4-7,9,13,20-22,25,30,47H,8,10-12,14-19,23-24,26-29H2,1-3H3,(H,46,48)(H,49,53). The summed E-state index contributed by atoms with van der Waals surface area (Å²) in [6.07, 6.45) is 12.7. The monoisotopic (exact) mass is 837 g/mol. The molecule has 2 aromatic heterocycles. The molecule has 0 unspecified atom stereocenters. The second-order valence-electron chi connectivity index (χ2n) is 19.0. The average Bonchev–Trinajstić information content (AvgIpc) is 3.68. The first-order valence-electron chi connectivity index (χ1n) is 21.3. The first-order chi connectivity index (χ1) is 28.7. The van der Waals surface area contributed by atoms with Gasteiger partial charge in [-0.3, -0.25) is 19.8 Å². The van der Waals surface area contributed by atoms with Crippen LogP contribution in [0.4, 0.5) is 17.1 Å². The maximum absolute atomic E-state index is 13.9. The predicted molar refractivity (Wildman–Crippen MR) is 230 cm³/mol. The molecule has 6 aliphatic rings. The second kappa shape index (κ2) is 15.5. The Morgan fingerprint density at radius 3 is 2.53 bits per heavy atom. The quantitative estimate of drug-likeness (QED) is 0.0676. The highest BCUT2D eigenvalue weighted by molar-refractivity contribution is 7.90. The van der Waals surface area contributed by atoms with Crippen LogP contribution in [-0.4, -0.2) is 86.6 Å². The molecule has 1 amide bonds. The molecule has 3 saturated carbocycles. The van der Waals surface area contributed by atoms with Crippen molar-refractivity contribution >= 4 is 44.0 Å². The first kappa shape index (κ1) is 40.4. The fraction of sp³-hybridized carbons (Fsp3) is 0.511. The number of H-pyrrole nitrogens is 1. The van der Waals surface area contributed by atoms with Gasteiger partial charge in [-0.05, 0) is 110 Å². The molecule has 4 heterocycles. The van der Waals surface area contributed by atoms with Crippen molar-refractivity contribution in [2.45, 2.75) is 77.0 Å². The van der Waals surface area contributed by atoms with E-state index in [2.05, 4.69) is 50.6 Å². The number of allylic oxidation sites excluding steroid dienone is 1. The lowest BCUT2D eigenvalue weighted by atomic mass is 9.33. The summed E-state index contributed by atoms with van der Waals surface area (Å²) < 4.78 is 41.2. The van der Waals surface area contributed by atoms with Crippen LogP contribution in [0.1, 0.15) is 82.5 Å². The highest BCUT2D eigenvalue weighted by Crippen LogP contribution is 2.77. The van der Waals surface area contributed by atoms with E-state index in [1.165, 1.54) is 50.7 Å². The maximum atomic E-state index is 13.9. The number of hydrogen-bond acceptors (Lipinski definition) is 11. The SMILES string of the molecule is CC1(C)CCC(CN2CCN(c3ccc(C(=O)NS(=O)(=O)c4ccc(NCC5CCOCC5)c([N+](=O)[O-])c4)c(Oc4cnc5[nH]ccc5c4)c3)CC2)=C(C23CC(C)(C2)C3)C1. The van der Waals surface area contributed by atoms with Gasteiger partial charge in [0.05, 0.1) is 21.6 Å². The summed E-state index contributed by atoms with van der Waals surface area (Å²) in [6.45, 7) is 13.4. The number of ether oxygens (including phenoxy) is 2. The van der Waals surface area contributed by atoms with E-state index >= 15 is 0 Å². The van der Waals surface area contributed by atoms with Crippen molar-refractivity contribution in [2.24, 2.45) is 22.2 Å². The van der Waals surface area contributed by atoms with Crippen molar-refractivity contribution in [1.29, 1.82) is 0 Å². The Morgan fingerprint density at radius 1 is 1.03 bits per heavy atom. The van der Waals surface area contributed by atoms with Gasteiger partial charge in [-0.25, -0.2) is 18.1 Å². The van der Waals surface area contributed by atoms with E-state index in [0.29, 0.717) is 47.4 Å². The van der Waals surface area contributed by atoms with Gasteiger partial charge in [-0.2, -0.15) is 0 Å². The first-order valence-corrected chi connectivity index (χ1v) is 22.8. The second-order valence-corrected chi connectivity index (χ2v) is 20.7. The van der Waals surface area contributed by atoms with Gasteiger partial charge >= 0.3 is 0 Å². The number of sulfonamides is 1. The van der Waals surface area contributed by atoms with Gasteiger partial charge in [0.15, 0.2) is 0 Å². The van der Waals surface area contributed by atoms with Crippen LogP contribution in [0.2, 0.25) is 0 Å². The molecule has 4 aromatic rings. The molecule has 14 nitrogen and oxygen atoms in total. The van der Waals surface area contributed by atoms with Gasteiger partial charge < -0.3 is 24.7 Å². The molecule has 0 spiro atoms. The number of hydrogen-bond donors (Lipinski definition) is 3. The van der Waals surface area contributed by atoms with Gasteiger partial charge in [0.2, 0.25) is 0 Å². The molecule has 10 rings (SSSR count). The minimum atomic E-state index is -4.53. The van der Waals surface area contributed by atoms with Crippen LogP contribution < -0.4 is 19.7 Å². The lowest BCUT2D eigenvalue weighted by Crippen LogP contribution is -2.61. The summed E-state index contributed by atoms with van der Waals surface area (Å²) >= 11 is 0. The van der Waals surface area contributed by atoms with Crippen molar-refractivity contribution in [2.75, 3.05) is 62.7 Å². The van der Waals surface area contributed by atoms with Gasteiger partial charge in [0.25, 0.3) is 21.6 Å². The predicted octanol–water partition coefficient (Wildman–Crippen LogP) is 8.04. The Labute approximate surface area is 351 Å². The number of aromatic amines is 1. The lowest BCUT2D eigenvalue weighted by Gasteiger charge is -2.72. The molecule has 4 aliphatic carbocycles. The summed E-state index contributed by atoms with van der Waals surface area (Å²) in [5.41, 5.74) is 6.14. The van der Waals surface area contributed by atoms with E-state index in [4.69, 9.17) is 9.47 Å². The van der Waals surface area contributed by atoms with Crippen LogP contribution in [-0.2, 0) is 14.8 Å². The maximum Gasteiger partial charge on any atom is 0.293 e. The number of rotatable bonds is 13. The lowest BCUT2D eigenvalue weighted by molar-refractivity contribution is -0.384. The van der Waals surface area contributed by atoms with E-state index in [1.807, 2.05) is 12.1 Å². The number of nitrogens with one attached hydrogen (secondary N) is 3. The number of fused-ring (bicyclic) bond motifs is 1. The molecule has 2 aliphatic heterocycles. The van der Waals surface area contributed by atoms with Crippen LogP contribution in [0.25, 0.3) is 11.0 Å². The Hall–Kier alpha value is -4.99. The Balaban J connectivity index is 0.922. The molecule has 2 bridgehead atoms. The van der Waals surface area contributed by atoms with Gasteiger partial charge in [0.1, 0.15) is 22.8 Å². The molecule has 0 radical (unpaired) electrons. The topological polar surface area (TPSA) is 172 Å². The van der Waals surface area contributed by atoms with Crippen molar-refractivity contribution < 1.29 is 27.6 Å². The highest BCUT2D eigenvalue weighted by Gasteiger charge is 2.66. The van der Waals surface area contributed by atoms with E-state index < -0.39 is 31.4 Å². The summed E-state index contributed by atoms with van der Waals surface area (Å²) in [7, 11) is -4.53. The molecule has 60 heavy (non-hydrogen) atoms. The van der Waals surface area contributed by atoms with E-state index in [-0.39, 0.29) is 22.9 Å². The number of nitro benzene ring substituents is 1. The molecule has 2 saturated heterocycles. The largest absolute Gasteiger partial charge is 0.455 e. The number of anilines is 2. The smallest absolute Gasteiger partial charge is 0.293 e. The van der Waals surface area contributed by atoms with Crippen molar-refractivity contribution in [3.8, 4) is 11.5 Å². The summed E-state index contributed by atoms with van der Waals surface area (Å²) in [4.78, 5) is 37.3. The number of pyridine rings is 1. The number of nitro groups is 1. The molecular weight excluding hydrogens is 783 g/mol. The zero-order valence-corrected chi connectivity index (χ0v) is 35.5. The number of aromatic nitrogens is 2. The Bertz CT molecular complexity index is 2450. The molecular formula is C45H55N7O7S. The summed E-state index contributed by atoms with van der Waals surface area (Å²) in [5, 5.41) is 16.0. The number of amides is 1. The third-order valence-corrected chi connectivity index (χ3v) is 15.0. The van der Waals surface area contributed by atoms with Gasteiger partial charge in [-0.1, -0.05) is 31.9 Å². The molecule has 5 fully saturated rings. The van der Waals surface area contributed by atoms with Gasteiger partial charge in [-0.15, -0.1) is 0 Å². The number of piperazine rings is 1. The Kier molecular flexibility index (Phi) is 10.4. The third-order valence-electron chi connectivity index (χ3n) is 13.7.